The van der Waals surface area contributed by atoms with Crippen molar-refractivity contribution in [1.82, 2.24) is 5.43 Å². The third-order valence-corrected chi connectivity index (χ3v) is 4.68. The van der Waals surface area contributed by atoms with Crippen LogP contribution in [-0.4, -0.2) is 12.7 Å². The minimum absolute atomic E-state index is 0.142. The average molecular weight is 289 g/mol. The average Bonchev–Trinajstić information content (AvgIpc) is 2.85. The van der Waals surface area contributed by atoms with Crippen molar-refractivity contribution in [2.24, 2.45) is 5.84 Å². The van der Waals surface area contributed by atoms with Crippen molar-refractivity contribution in [3.05, 3.63) is 33.8 Å². The molecular formula is C13H18Cl2N2O. The molecule has 0 heterocycles. The Kier molecular flexibility index (Phi) is 4.51. The second-order valence-corrected chi connectivity index (χ2v) is 5.50. The molecule has 1 aliphatic rings. The van der Waals surface area contributed by atoms with E-state index < -0.39 is 0 Å². The van der Waals surface area contributed by atoms with E-state index >= 15 is 0 Å². The molecule has 0 saturated heterocycles. The van der Waals surface area contributed by atoms with Gasteiger partial charge in [0, 0.05) is 7.11 Å². The smallest absolute Gasteiger partial charge is 0.0886 e. The van der Waals surface area contributed by atoms with Crippen LogP contribution in [0.25, 0.3) is 0 Å². The number of nitrogens with two attached hydrogens (primary N) is 1. The molecule has 5 heteroatoms. The van der Waals surface area contributed by atoms with Crippen LogP contribution < -0.4 is 11.3 Å². The lowest BCUT2D eigenvalue weighted by atomic mass is 9.87. The second kappa shape index (κ2) is 5.76. The molecule has 18 heavy (non-hydrogen) atoms. The summed E-state index contributed by atoms with van der Waals surface area (Å²) in [5, 5.41) is 1.09. The summed E-state index contributed by atoms with van der Waals surface area (Å²) in [6.45, 7) is 0. The van der Waals surface area contributed by atoms with Crippen molar-refractivity contribution in [3.63, 3.8) is 0 Å². The van der Waals surface area contributed by atoms with Gasteiger partial charge in [-0.15, -0.1) is 0 Å². The maximum absolute atomic E-state index is 6.28. The van der Waals surface area contributed by atoms with E-state index in [1.54, 1.807) is 13.2 Å². The van der Waals surface area contributed by atoms with Crippen LogP contribution in [0.5, 0.6) is 0 Å². The molecule has 100 valence electrons. The van der Waals surface area contributed by atoms with Gasteiger partial charge in [0.2, 0.25) is 0 Å². The van der Waals surface area contributed by atoms with Gasteiger partial charge in [-0.05, 0) is 24.5 Å². The molecule has 1 aromatic rings. The highest BCUT2D eigenvalue weighted by molar-refractivity contribution is 6.42. The zero-order chi connectivity index (χ0) is 13.2. The maximum atomic E-state index is 6.28. The maximum Gasteiger partial charge on any atom is 0.0886 e. The van der Waals surface area contributed by atoms with Crippen LogP contribution in [0.15, 0.2) is 18.2 Å². The van der Waals surface area contributed by atoms with Crippen LogP contribution in [0.3, 0.4) is 0 Å². The normalized spacial score (nSPS) is 20.0. The van der Waals surface area contributed by atoms with Gasteiger partial charge in [0.15, 0.2) is 0 Å². The standard InChI is InChI=1S/C13H18Cl2N2O/c1-18-13(7-2-3-8-13)12(17-16)9-5-4-6-10(14)11(9)15/h4-6,12,17H,2-3,7-8,16H2,1H3. The lowest BCUT2D eigenvalue weighted by Crippen LogP contribution is -2.46. The molecule has 1 aromatic carbocycles. The predicted octanol–water partition coefficient (Wildman–Crippen LogP) is 3.46. The van der Waals surface area contributed by atoms with Crippen molar-refractivity contribution in [1.29, 1.82) is 0 Å². The fourth-order valence-electron chi connectivity index (χ4n) is 2.85. The van der Waals surface area contributed by atoms with Crippen molar-refractivity contribution >= 4 is 23.2 Å². The fraction of sp³-hybridized carbons (Fsp3) is 0.538. The summed E-state index contributed by atoms with van der Waals surface area (Å²) in [6.07, 6.45) is 4.23. The molecule has 2 rings (SSSR count). The highest BCUT2D eigenvalue weighted by Gasteiger charge is 2.42. The summed E-state index contributed by atoms with van der Waals surface area (Å²) in [5.41, 5.74) is 3.46. The Morgan fingerprint density at radius 3 is 2.56 bits per heavy atom. The number of halogens is 2. The molecule has 0 radical (unpaired) electrons. The summed E-state index contributed by atoms with van der Waals surface area (Å²) in [6, 6.07) is 5.45. The number of hydrogen-bond donors (Lipinski definition) is 2. The van der Waals surface area contributed by atoms with Crippen molar-refractivity contribution in [2.75, 3.05) is 7.11 Å². The number of hydrogen-bond acceptors (Lipinski definition) is 3. The first-order chi connectivity index (χ1) is 8.64. The molecule has 0 spiro atoms. The summed E-state index contributed by atoms with van der Waals surface area (Å²) in [7, 11) is 1.73. The number of nitrogens with one attached hydrogen (secondary N) is 1. The van der Waals surface area contributed by atoms with Crippen LogP contribution in [-0.2, 0) is 4.74 Å². The summed E-state index contributed by atoms with van der Waals surface area (Å²) >= 11 is 12.3. The van der Waals surface area contributed by atoms with Gasteiger partial charge in [-0.3, -0.25) is 11.3 Å². The van der Waals surface area contributed by atoms with E-state index in [2.05, 4.69) is 5.43 Å². The highest BCUT2D eigenvalue weighted by Crippen LogP contribution is 2.44. The van der Waals surface area contributed by atoms with E-state index in [1.807, 2.05) is 12.1 Å². The molecule has 0 amide bonds. The molecule has 3 nitrogen and oxygen atoms in total. The molecular weight excluding hydrogens is 271 g/mol. The molecule has 0 bridgehead atoms. The van der Waals surface area contributed by atoms with E-state index in [-0.39, 0.29) is 11.6 Å². The zero-order valence-corrected chi connectivity index (χ0v) is 11.9. The Morgan fingerprint density at radius 1 is 1.33 bits per heavy atom. The van der Waals surface area contributed by atoms with Gasteiger partial charge in [0.05, 0.1) is 21.7 Å². The first kappa shape index (κ1) is 14.1. The van der Waals surface area contributed by atoms with Gasteiger partial charge in [-0.25, -0.2) is 0 Å². The molecule has 1 saturated carbocycles. The molecule has 1 aliphatic carbocycles. The minimum Gasteiger partial charge on any atom is -0.376 e. The molecule has 3 N–H and O–H groups in total. The van der Waals surface area contributed by atoms with E-state index in [0.717, 1.165) is 31.2 Å². The number of rotatable bonds is 4. The number of ether oxygens (including phenoxy) is 1. The Morgan fingerprint density at radius 2 is 2.00 bits per heavy atom. The monoisotopic (exact) mass is 288 g/mol. The van der Waals surface area contributed by atoms with E-state index in [0.29, 0.717) is 10.0 Å². The highest BCUT2D eigenvalue weighted by atomic mass is 35.5. The lowest BCUT2D eigenvalue weighted by molar-refractivity contribution is -0.0368. The van der Waals surface area contributed by atoms with Gasteiger partial charge in [-0.2, -0.15) is 0 Å². The van der Waals surface area contributed by atoms with Crippen LogP contribution in [0, 0.1) is 0 Å². The molecule has 1 unspecified atom stereocenters. The Labute approximate surface area is 118 Å². The van der Waals surface area contributed by atoms with Crippen molar-refractivity contribution < 1.29 is 4.74 Å². The third kappa shape index (κ3) is 2.38. The van der Waals surface area contributed by atoms with Gasteiger partial charge in [0.25, 0.3) is 0 Å². The van der Waals surface area contributed by atoms with Crippen LogP contribution in [0.4, 0.5) is 0 Å². The van der Waals surface area contributed by atoms with E-state index in [1.165, 1.54) is 0 Å². The predicted molar refractivity (Wildman–Crippen MR) is 74.7 cm³/mol. The van der Waals surface area contributed by atoms with Gasteiger partial charge >= 0.3 is 0 Å². The van der Waals surface area contributed by atoms with Crippen LogP contribution in [0.1, 0.15) is 37.3 Å². The first-order valence-electron chi connectivity index (χ1n) is 6.10. The van der Waals surface area contributed by atoms with Crippen LogP contribution in [0.2, 0.25) is 10.0 Å². The fourth-order valence-corrected chi connectivity index (χ4v) is 3.27. The minimum atomic E-state index is -0.289. The molecule has 1 atom stereocenters. The van der Waals surface area contributed by atoms with E-state index in [9.17, 15) is 0 Å². The second-order valence-electron chi connectivity index (χ2n) is 4.72. The van der Waals surface area contributed by atoms with E-state index in [4.69, 9.17) is 33.8 Å². The molecule has 0 aliphatic heterocycles. The number of benzene rings is 1. The largest absolute Gasteiger partial charge is 0.376 e. The summed E-state index contributed by atoms with van der Waals surface area (Å²) in [5.74, 6) is 5.73. The van der Waals surface area contributed by atoms with Gasteiger partial charge in [0.1, 0.15) is 0 Å². The van der Waals surface area contributed by atoms with Crippen LogP contribution >= 0.6 is 23.2 Å². The molecule has 1 fully saturated rings. The Balaban J connectivity index is 2.41. The Bertz CT molecular complexity index is 419. The molecule has 0 aromatic heterocycles. The van der Waals surface area contributed by atoms with Crippen molar-refractivity contribution in [3.8, 4) is 0 Å². The number of methoxy groups -OCH3 is 1. The Hall–Kier alpha value is -0.320. The summed E-state index contributed by atoms with van der Waals surface area (Å²) in [4.78, 5) is 0. The van der Waals surface area contributed by atoms with Crippen molar-refractivity contribution in [2.45, 2.75) is 37.3 Å². The quantitative estimate of drug-likeness (QED) is 0.659. The zero-order valence-electron chi connectivity index (χ0n) is 10.4. The SMILES string of the molecule is COC1(C(NN)c2cccc(Cl)c2Cl)CCCC1. The number of hydrazine groups is 1. The summed E-state index contributed by atoms with van der Waals surface area (Å²) < 4.78 is 5.76. The topological polar surface area (TPSA) is 47.3 Å². The lowest BCUT2D eigenvalue weighted by Gasteiger charge is -2.36. The van der Waals surface area contributed by atoms with Gasteiger partial charge in [-0.1, -0.05) is 48.2 Å². The third-order valence-electron chi connectivity index (χ3n) is 3.84. The van der Waals surface area contributed by atoms with Gasteiger partial charge < -0.3 is 4.74 Å². The first-order valence-corrected chi connectivity index (χ1v) is 6.85.